The second kappa shape index (κ2) is 9.66. The molecule has 5 aromatic heterocycles. The molecular formula is C27H30ClN9OS2. The molecule has 1 N–H and O–H groups in total. The van der Waals surface area contributed by atoms with Crippen LogP contribution in [0.1, 0.15) is 45.3 Å². The van der Waals surface area contributed by atoms with Crippen molar-refractivity contribution in [3.63, 3.8) is 0 Å². The lowest BCUT2D eigenvalue weighted by Gasteiger charge is -2.43. The van der Waals surface area contributed by atoms with E-state index >= 15 is 0 Å². The second-order valence-electron chi connectivity index (χ2n) is 11.5. The molecule has 0 unspecified atom stereocenters. The first kappa shape index (κ1) is 26.1. The summed E-state index contributed by atoms with van der Waals surface area (Å²) < 4.78 is 22.3. The Bertz CT molecular complexity index is 1700. The van der Waals surface area contributed by atoms with Crippen LogP contribution in [0.3, 0.4) is 0 Å². The van der Waals surface area contributed by atoms with Crippen LogP contribution in [0.4, 0.5) is 5.82 Å². The molecule has 0 saturated carbocycles. The number of piperidine rings is 1. The number of fused-ring (bicyclic) bond motifs is 3. The summed E-state index contributed by atoms with van der Waals surface area (Å²) in [5, 5.41) is 6.11. The molecule has 10 nitrogen and oxygen atoms in total. The first-order valence-electron chi connectivity index (χ1n) is 13.3. The highest BCUT2D eigenvalue weighted by atomic mass is 35.5. The van der Waals surface area contributed by atoms with Gasteiger partial charge in [0.25, 0.3) is 0 Å². The molecule has 2 atom stereocenters. The summed E-state index contributed by atoms with van der Waals surface area (Å²) in [6.45, 7) is 8.53. The van der Waals surface area contributed by atoms with E-state index in [2.05, 4.69) is 39.8 Å². The minimum atomic E-state index is -1.18. The van der Waals surface area contributed by atoms with Gasteiger partial charge in [-0.05, 0) is 45.7 Å². The van der Waals surface area contributed by atoms with Crippen molar-refractivity contribution in [1.82, 2.24) is 38.3 Å². The summed E-state index contributed by atoms with van der Waals surface area (Å²) >= 11 is 7.05. The van der Waals surface area contributed by atoms with Crippen molar-refractivity contribution in [2.45, 2.75) is 60.9 Å². The van der Waals surface area contributed by atoms with E-state index in [9.17, 15) is 4.55 Å². The van der Waals surface area contributed by atoms with Crippen LogP contribution in [-0.2, 0) is 17.9 Å². The van der Waals surface area contributed by atoms with Gasteiger partial charge in [-0.2, -0.15) is 5.10 Å². The molecule has 40 heavy (non-hydrogen) atoms. The molecule has 1 saturated heterocycles. The monoisotopic (exact) mass is 595 g/mol. The molecule has 2 aliphatic heterocycles. The normalized spacial score (nSPS) is 19.6. The molecule has 5 aromatic rings. The van der Waals surface area contributed by atoms with Gasteiger partial charge in [-0.15, -0.1) is 4.72 Å². The van der Waals surface area contributed by atoms with Crippen LogP contribution in [-0.4, -0.2) is 55.9 Å². The predicted octanol–water partition coefficient (Wildman–Crippen LogP) is 4.77. The largest absolute Gasteiger partial charge is 0.598 e. The van der Waals surface area contributed by atoms with Gasteiger partial charge in [0, 0.05) is 66.1 Å². The maximum Gasteiger partial charge on any atom is 0.156 e. The van der Waals surface area contributed by atoms with E-state index < -0.39 is 11.4 Å². The molecule has 0 aromatic carbocycles. The Morgan fingerprint density at radius 1 is 1.12 bits per heavy atom. The molecular weight excluding hydrogens is 566 g/mol. The third-order valence-electron chi connectivity index (χ3n) is 8.05. The van der Waals surface area contributed by atoms with E-state index in [0.717, 1.165) is 65.1 Å². The summed E-state index contributed by atoms with van der Waals surface area (Å²) in [4.78, 5) is 17.0. The second-order valence-corrected chi connectivity index (χ2v) is 15.0. The smallest absolute Gasteiger partial charge is 0.156 e. The zero-order chi connectivity index (χ0) is 27.6. The Morgan fingerprint density at radius 2 is 1.95 bits per heavy atom. The fourth-order valence-corrected chi connectivity index (χ4v) is 7.98. The van der Waals surface area contributed by atoms with E-state index in [1.54, 1.807) is 18.0 Å². The van der Waals surface area contributed by atoms with Gasteiger partial charge in [-0.3, -0.25) is 9.08 Å². The van der Waals surface area contributed by atoms with E-state index in [0.29, 0.717) is 5.02 Å². The number of imidazole rings is 2. The van der Waals surface area contributed by atoms with Crippen molar-refractivity contribution in [3.05, 3.63) is 66.4 Å². The van der Waals surface area contributed by atoms with Gasteiger partial charge in [-0.1, -0.05) is 23.4 Å². The number of hydrogen-bond acceptors (Lipinski definition) is 8. The van der Waals surface area contributed by atoms with Crippen LogP contribution in [0.5, 0.6) is 0 Å². The van der Waals surface area contributed by atoms with Crippen LogP contribution in [0.25, 0.3) is 11.2 Å². The van der Waals surface area contributed by atoms with Crippen molar-refractivity contribution in [3.8, 4) is 0 Å². The zero-order valence-electron chi connectivity index (χ0n) is 22.5. The lowest BCUT2D eigenvalue weighted by atomic mass is 9.73. The third-order valence-corrected chi connectivity index (χ3v) is 11.2. The number of aromatic nitrogens is 7. The van der Waals surface area contributed by atoms with Crippen molar-refractivity contribution >= 4 is 51.7 Å². The Morgan fingerprint density at radius 3 is 2.75 bits per heavy atom. The Kier molecular flexibility index (Phi) is 6.31. The molecule has 2 aliphatic rings. The topological polar surface area (TPSA) is 104 Å². The standard InChI is InChI=1S/C27H30ClN9OS2/c1-26(2,3)40(38)33-23-18-4-8-32-37(18)16-27(23)6-11-35(12-7-27)24-19-14-29-17-36(19)21(15-31-24)39-20-5-10-34-13-9-30-25(34)22(20)28/h4-5,8-10,13-15,17,23,33H,6-7,11-12,16H2,1-3H3/t23-,40-/m1/s1. The quantitative estimate of drug-likeness (QED) is 0.290. The van der Waals surface area contributed by atoms with Gasteiger partial charge in [-0.25, -0.2) is 15.0 Å². The molecule has 1 spiro atoms. The highest BCUT2D eigenvalue weighted by Crippen LogP contribution is 2.50. The van der Waals surface area contributed by atoms with Crippen LogP contribution in [0, 0.1) is 5.41 Å². The first-order valence-corrected chi connectivity index (χ1v) is 15.6. The summed E-state index contributed by atoms with van der Waals surface area (Å²) in [5.74, 6) is 0.921. The van der Waals surface area contributed by atoms with E-state index in [4.69, 9.17) is 16.6 Å². The van der Waals surface area contributed by atoms with Crippen molar-refractivity contribution in [1.29, 1.82) is 0 Å². The molecule has 0 amide bonds. The summed E-state index contributed by atoms with van der Waals surface area (Å²) in [6, 6.07) is 4.05. The number of nitrogens with one attached hydrogen (secondary N) is 1. The molecule has 0 bridgehead atoms. The maximum absolute atomic E-state index is 13.1. The number of pyridine rings is 1. The number of anilines is 1. The minimum Gasteiger partial charge on any atom is -0.598 e. The number of nitrogens with zero attached hydrogens (tertiary/aromatic N) is 8. The van der Waals surface area contributed by atoms with Crippen LogP contribution in [0.2, 0.25) is 5.02 Å². The summed E-state index contributed by atoms with van der Waals surface area (Å²) in [7, 11) is 0. The molecule has 1 fully saturated rings. The number of halogens is 1. The molecule has 0 aliphatic carbocycles. The molecule has 208 valence electrons. The van der Waals surface area contributed by atoms with E-state index in [1.807, 2.05) is 68.5 Å². The lowest BCUT2D eigenvalue weighted by molar-refractivity contribution is 0.160. The SMILES string of the molecule is CC(C)(C)[S@@+]([O-])N[C@@H]1c2ccnn2CC12CCN(c1ncc(Sc3ccn4ccnc4c3Cl)n3cncc13)CC2. The van der Waals surface area contributed by atoms with Gasteiger partial charge in [0.2, 0.25) is 0 Å². The number of hydrogen-bond donors (Lipinski definition) is 1. The highest BCUT2D eigenvalue weighted by Gasteiger charge is 2.51. The van der Waals surface area contributed by atoms with E-state index in [1.165, 1.54) is 0 Å². The van der Waals surface area contributed by atoms with Crippen LogP contribution < -0.4 is 9.62 Å². The fourth-order valence-electron chi connectivity index (χ4n) is 5.83. The van der Waals surface area contributed by atoms with Crippen molar-refractivity contribution in [2.24, 2.45) is 5.41 Å². The third kappa shape index (κ3) is 4.28. The lowest BCUT2D eigenvalue weighted by Crippen LogP contribution is -2.50. The van der Waals surface area contributed by atoms with Gasteiger partial charge in [0.1, 0.15) is 27.7 Å². The van der Waals surface area contributed by atoms with Crippen LogP contribution >= 0.6 is 23.4 Å². The van der Waals surface area contributed by atoms with Gasteiger partial charge < -0.3 is 13.9 Å². The average molecular weight is 596 g/mol. The van der Waals surface area contributed by atoms with Crippen molar-refractivity contribution < 1.29 is 4.55 Å². The summed E-state index contributed by atoms with van der Waals surface area (Å²) in [5.41, 5.74) is 2.77. The Hall–Kier alpha value is -2.77. The predicted molar refractivity (Wildman–Crippen MR) is 157 cm³/mol. The fraction of sp³-hybridized carbons (Fsp3) is 0.407. The number of rotatable bonds is 5. The Balaban J connectivity index is 1.13. The van der Waals surface area contributed by atoms with Crippen LogP contribution in [0.15, 0.2) is 65.6 Å². The van der Waals surface area contributed by atoms with Gasteiger partial charge in [0.05, 0.1) is 23.1 Å². The highest BCUT2D eigenvalue weighted by molar-refractivity contribution is 7.99. The first-order chi connectivity index (χ1) is 19.2. The minimum absolute atomic E-state index is 0.00361. The summed E-state index contributed by atoms with van der Waals surface area (Å²) in [6.07, 6.45) is 14.9. The zero-order valence-corrected chi connectivity index (χ0v) is 24.9. The maximum atomic E-state index is 13.1. The van der Waals surface area contributed by atoms with E-state index in [-0.39, 0.29) is 16.2 Å². The average Bonchev–Trinajstić information content (AvgIpc) is 3.72. The van der Waals surface area contributed by atoms with Gasteiger partial charge >= 0.3 is 0 Å². The Labute approximate surface area is 244 Å². The molecule has 7 rings (SSSR count). The molecule has 13 heteroatoms. The van der Waals surface area contributed by atoms with Gasteiger partial charge in [0.15, 0.2) is 11.5 Å². The van der Waals surface area contributed by atoms with Crippen molar-refractivity contribution in [2.75, 3.05) is 18.0 Å². The molecule has 7 heterocycles. The molecule has 0 radical (unpaired) electrons.